The highest BCUT2D eigenvalue weighted by Crippen LogP contribution is 2.40. The second-order valence-electron chi connectivity index (χ2n) is 8.73. The molecule has 2 amide bonds. The Hall–Kier alpha value is -2.81. The van der Waals surface area contributed by atoms with E-state index in [0.717, 1.165) is 30.6 Å². The zero-order chi connectivity index (χ0) is 24.9. The van der Waals surface area contributed by atoms with Gasteiger partial charge in [0.05, 0.1) is 30.5 Å². The molecule has 0 aromatic heterocycles. The van der Waals surface area contributed by atoms with Crippen molar-refractivity contribution in [2.75, 3.05) is 25.3 Å². The maximum atomic E-state index is 13.3. The summed E-state index contributed by atoms with van der Waals surface area (Å²) in [6.45, 7) is 0.256. The van der Waals surface area contributed by atoms with Crippen molar-refractivity contribution >= 4 is 46.4 Å². The first-order valence-electron chi connectivity index (χ1n) is 11.5. The number of carbonyl (C=O) groups is 2. The minimum atomic E-state index is -0.505. The lowest BCUT2D eigenvalue weighted by molar-refractivity contribution is -0.123. The van der Waals surface area contributed by atoms with E-state index in [2.05, 4.69) is 10.4 Å². The summed E-state index contributed by atoms with van der Waals surface area (Å²) in [5, 5.41) is 10.6. The lowest BCUT2D eigenvalue weighted by Crippen LogP contribution is -2.42. The number of hydrogen-bond donors (Lipinski definition) is 2. The van der Waals surface area contributed by atoms with E-state index in [-0.39, 0.29) is 30.5 Å². The van der Waals surface area contributed by atoms with Gasteiger partial charge in [-0.15, -0.1) is 0 Å². The van der Waals surface area contributed by atoms with Crippen LogP contribution in [0.1, 0.15) is 37.3 Å². The van der Waals surface area contributed by atoms with Gasteiger partial charge in [0, 0.05) is 23.4 Å². The van der Waals surface area contributed by atoms with Crippen LogP contribution in [0.4, 0.5) is 5.69 Å². The summed E-state index contributed by atoms with van der Waals surface area (Å²) in [5.74, 6) is 0.143. The monoisotopic (exact) mass is 518 g/mol. The minimum Gasteiger partial charge on any atom is -0.497 e. The van der Waals surface area contributed by atoms with Gasteiger partial charge in [-0.3, -0.25) is 14.6 Å². The van der Waals surface area contributed by atoms with E-state index in [4.69, 9.17) is 38.4 Å². The van der Waals surface area contributed by atoms with E-state index in [1.807, 2.05) is 24.3 Å². The SMILES string of the molecule is COc1ccc(C2CC(C(=O)NC3CCCC3COCC(N)=O)=NN2c2ccc(Cl)cc2Cl)cc1. The molecule has 2 aromatic carbocycles. The molecule has 0 saturated heterocycles. The molecular formula is C25H28Cl2N4O4. The second-order valence-corrected chi connectivity index (χ2v) is 9.58. The number of nitrogens with zero attached hydrogens (tertiary/aromatic N) is 2. The van der Waals surface area contributed by atoms with Crippen molar-refractivity contribution in [3.63, 3.8) is 0 Å². The van der Waals surface area contributed by atoms with Gasteiger partial charge in [0.25, 0.3) is 5.91 Å². The quantitative estimate of drug-likeness (QED) is 0.519. The smallest absolute Gasteiger partial charge is 0.267 e. The predicted molar refractivity (Wildman–Crippen MR) is 136 cm³/mol. The molecule has 8 nitrogen and oxygen atoms in total. The van der Waals surface area contributed by atoms with Gasteiger partial charge in [-0.2, -0.15) is 5.10 Å². The number of nitrogens with two attached hydrogens (primary N) is 1. The van der Waals surface area contributed by atoms with Crippen LogP contribution in [0.2, 0.25) is 10.0 Å². The van der Waals surface area contributed by atoms with Crippen molar-refractivity contribution in [3.05, 3.63) is 58.1 Å². The molecule has 1 heterocycles. The fourth-order valence-electron chi connectivity index (χ4n) is 4.61. The molecule has 35 heavy (non-hydrogen) atoms. The zero-order valence-electron chi connectivity index (χ0n) is 19.4. The normalized spacial score (nSPS) is 21.6. The van der Waals surface area contributed by atoms with Gasteiger partial charge in [-0.05, 0) is 48.7 Å². The van der Waals surface area contributed by atoms with Gasteiger partial charge in [-0.1, -0.05) is 41.8 Å². The number of carbonyl (C=O) groups excluding carboxylic acids is 2. The fraction of sp³-hybridized carbons (Fsp3) is 0.400. The minimum absolute atomic E-state index is 0.0503. The molecule has 4 rings (SSSR count). The van der Waals surface area contributed by atoms with Crippen LogP contribution in [0.15, 0.2) is 47.6 Å². The number of halogens is 2. The van der Waals surface area contributed by atoms with Crippen molar-refractivity contribution in [2.45, 2.75) is 37.8 Å². The number of hydrogen-bond acceptors (Lipinski definition) is 6. The molecule has 0 bridgehead atoms. The number of nitrogens with one attached hydrogen (secondary N) is 1. The molecule has 2 aliphatic rings. The Labute approximate surface area is 214 Å². The molecule has 0 spiro atoms. The van der Waals surface area contributed by atoms with Crippen molar-refractivity contribution in [3.8, 4) is 5.75 Å². The average molecular weight is 519 g/mol. The molecule has 1 aliphatic heterocycles. The number of methoxy groups -OCH3 is 1. The van der Waals surface area contributed by atoms with Gasteiger partial charge in [0.2, 0.25) is 5.91 Å². The predicted octanol–water partition coefficient (Wildman–Crippen LogP) is 4.10. The Bertz CT molecular complexity index is 1110. The average Bonchev–Trinajstić information content (AvgIpc) is 3.46. The molecule has 2 aromatic rings. The van der Waals surface area contributed by atoms with Crippen LogP contribution in [0.3, 0.4) is 0 Å². The van der Waals surface area contributed by atoms with Gasteiger partial charge in [0.1, 0.15) is 18.1 Å². The maximum Gasteiger partial charge on any atom is 0.267 e. The molecule has 0 radical (unpaired) electrons. The maximum absolute atomic E-state index is 13.3. The van der Waals surface area contributed by atoms with Gasteiger partial charge >= 0.3 is 0 Å². The Morgan fingerprint density at radius 1 is 1.17 bits per heavy atom. The highest BCUT2D eigenvalue weighted by atomic mass is 35.5. The van der Waals surface area contributed by atoms with Crippen molar-refractivity contribution in [2.24, 2.45) is 16.8 Å². The molecule has 10 heteroatoms. The molecular weight excluding hydrogens is 491 g/mol. The summed E-state index contributed by atoms with van der Waals surface area (Å²) >= 11 is 12.6. The van der Waals surface area contributed by atoms with E-state index >= 15 is 0 Å². The van der Waals surface area contributed by atoms with Crippen LogP contribution in [-0.2, 0) is 14.3 Å². The number of rotatable bonds is 9. The van der Waals surface area contributed by atoms with Crippen LogP contribution in [0, 0.1) is 5.92 Å². The van der Waals surface area contributed by atoms with Crippen LogP contribution < -0.4 is 20.8 Å². The van der Waals surface area contributed by atoms with Crippen LogP contribution >= 0.6 is 23.2 Å². The third kappa shape index (κ3) is 6.07. The van der Waals surface area contributed by atoms with Gasteiger partial charge in [0.15, 0.2) is 0 Å². The Morgan fingerprint density at radius 2 is 1.94 bits per heavy atom. The molecule has 186 valence electrons. The molecule has 1 fully saturated rings. The van der Waals surface area contributed by atoms with Gasteiger partial charge in [-0.25, -0.2) is 0 Å². The van der Waals surface area contributed by atoms with Crippen molar-refractivity contribution in [1.29, 1.82) is 0 Å². The molecule has 3 unspecified atom stereocenters. The first-order valence-corrected chi connectivity index (χ1v) is 12.2. The second kappa shape index (κ2) is 11.3. The first kappa shape index (κ1) is 25.3. The Morgan fingerprint density at radius 3 is 2.63 bits per heavy atom. The first-order chi connectivity index (χ1) is 16.9. The fourth-order valence-corrected chi connectivity index (χ4v) is 5.11. The number of primary amides is 1. The highest BCUT2D eigenvalue weighted by Gasteiger charge is 2.36. The van der Waals surface area contributed by atoms with E-state index in [0.29, 0.717) is 34.5 Å². The van der Waals surface area contributed by atoms with Crippen LogP contribution in [0.25, 0.3) is 0 Å². The molecule has 1 saturated carbocycles. The number of anilines is 1. The summed E-state index contributed by atoms with van der Waals surface area (Å²) in [6, 6.07) is 12.6. The third-order valence-corrected chi connectivity index (χ3v) is 6.92. The lowest BCUT2D eigenvalue weighted by atomic mass is 10.00. The van der Waals surface area contributed by atoms with E-state index in [1.165, 1.54) is 0 Å². The van der Waals surface area contributed by atoms with E-state index < -0.39 is 5.91 Å². The summed E-state index contributed by atoms with van der Waals surface area (Å²) in [4.78, 5) is 24.2. The van der Waals surface area contributed by atoms with Crippen molar-refractivity contribution < 1.29 is 19.1 Å². The van der Waals surface area contributed by atoms with Crippen LogP contribution in [-0.4, -0.2) is 43.9 Å². The Kier molecular flexibility index (Phi) is 8.15. The number of amides is 2. The summed E-state index contributed by atoms with van der Waals surface area (Å²) < 4.78 is 10.7. The van der Waals surface area contributed by atoms with E-state index in [1.54, 1.807) is 30.3 Å². The molecule has 1 aliphatic carbocycles. The number of hydrazone groups is 1. The Balaban J connectivity index is 1.53. The third-order valence-electron chi connectivity index (χ3n) is 6.38. The van der Waals surface area contributed by atoms with Crippen molar-refractivity contribution in [1.82, 2.24) is 5.32 Å². The molecule has 3 N–H and O–H groups in total. The summed E-state index contributed by atoms with van der Waals surface area (Å²) in [7, 11) is 1.62. The topological polar surface area (TPSA) is 106 Å². The standard InChI is InChI=1S/C25H28Cl2N4O4/c1-34-18-8-5-15(6-9-18)23-12-21(30-31(23)22-10-7-17(26)11-19(22)27)25(33)29-20-4-2-3-16(20)13-35-14-24(28)32/h5-11,16,20,23H,2-4,12-14H2,1H3,(H2,28,32)(H,29,33). The number of benzene rings is 2. The summed E-state index contributed by atoms with van der Waals surface area (Å²) in [6.07, 6.45) is 3.14. The lowest BCUT2D eigenvalue weighted by Gasteiger charge is -2.25. The highest BCUT2D eigenvalue weighted by molar-refractivity contribution is 6.40. The number of ether oxygens (including phenoxy) is 2. The van der Waals surface area contributed by atoms with E-state index in [9.17, 15) is 9.59 Å². The molecule has 3 atom stereocenters. The van der Waals surface area contributed by atoms with Gasteiger partial charge < -0.3 is 20.5 Å². The zero-order valence-corrected chi connectivity index (χ0v) is 20.9. The largest absolute Gasteiger partial charge is 0.497 e. The summed E-state index contributed by atoms with van der Waals surface area (Å²) in [5.41, 5.74) is 7.21. The van der Waals surface area contributed by atoms with Crippen LogP contribution in [0.5, 0.6) is 5.75 Å².